The van der Waals surface area contributed by atoms with E-state index in [9.17, 15) is 9.59 Å². The van der Waals surface area contributed by atoms with Gasteiger partial charge < -0.3 is 42.8 Å². The van der Waals surface area contributed by atoms with Gasteiger partial charge in [0.2, 0.25) is 0 Å². The Balaban J connectivity index is 1.16. The number of nitrogens with zero attached hydrogens (tertiary/aromatic N) is 2. The predicted molar refractivity (Wildman–Crippen MR) is 210 cm³/mol. The zero-order valence-corrected chi connectivity index (χ0v) is 36.0. The molecule has 0 bridgehead atoms. The summed E-state index contributed by atoms with van der Waals surface area (Å²) in [4.78, 5) is 33.7. The number of ketones is 1. The van der Waals surface area contributed by atoms with Crippen LogP contribution in [0.15, 0.2) is 11.6 Å². The molecular formula is C44H72N2O10. The molecule has 4 heterocycles. The lowest BCUT2D eigenvalue weighted by atomic mass is 9.66. The number of allylic oxidation sites excluding steroid dienone is 2. The first kappa shape index (κ1) is 42.6. The molecule has 0 aromatic heterocycles. The highest BCUT2D eigenvalue weighted by molar-refractivity contribution is 5.99. The Labute approximate surface area is 335 Å². The van der Waals surface area contributed by atoms with Gasteiger partial charge in [-0.05, 0) is 122 Å². The van der Waals surface area contributed by atoms with E-state index < -0.39 is 12.4 Å². The fourth-order valence-corrected chi connectivity index (χ4v) is 12.4. The summed E-state index contributed by atoms with van der Waals surface area (Å²) in [6, 6.07) is 1.38. The number of esters is 1. The van der Waals surface area contributed by atoms with Gasteiger partial charge in [0, 0.05) is 57.3 Å². The number of likely N-dealkylation sites (N-methyl/N-ethyl adjacent to an activating group) is 1. The number of cyclic esters (lactones) is 1. The Morgan fingerprint density at radius 1 is 0.857 bits per heavy atom. The van der Waals surface area contributed by atoms with E-state index >= 15 is 0 Å². The molecule has 56 heavy (non-hydrogen) atoms. The van der Waals surface area contributed by atoms with Crippen LogP contribution in [-0.4, -0.2) is 143 Å². The summed E-state index contributed by atoms with van der Waals surface area (Å²) in [5, 5.41) is 0. The van der Waals surface area contributed by atoms with E-state index in [1.807, 2.05) is 13.8 Å². The van der Waals surface area contributed by atoms with Crippen LogP contribution in [0, 0.1) is 35.5 Å². The van der Waals surface area contributed by atoms with Crippen molar-refractivity contribution in [3.05, 3.63) is 11.6 Å². The highest BCUT2D eigenvalue weighted by Crippen LogP contribution is 2.64. The van der Waals surface area contributed by atoms with E-state index in [4.69, 9.17) is 37.9 Å². The van der Waals surface area contributed by atoms with Crippen LogP contribution in [0.3, 0.4) is 0 Å². The van der Waals surface area contributed by atoms with Crippen molar-refractivity contribution in [1.82, 2.24) is 9.80 Å². The van der Waals surface area contributed by atoms with Crippen molar-refractivity contribution in [1.29, 1.82) is 0 Å². The molecule has 0 radical (unpaired) electrons. The van der Waals surface area contributed by atoms with Crippen LogP contribution >= 0.6 is 0 Å². The Morgan fingerprint density at radius 2 is 1.57 bits per heavy atom. The van der Waals surface area contributed by atoms with Gasteiger partial charge in [0.25, 0.3) is 0 Å². The van der Waals surface area contributed by atoms with Crippen LogP contribution in [-0.2, 0) is 47.5 Å². The molecule has 12 nitrogen and oxygen atoms in total. The molecule has 2 saturated carbocycles. The molecule has 7 aliphatic rings. The summed E-state index contributed by atoms with van der Waals surface area (Å²) < 4.78 is 50.3. The second-order valence-electron chi connectivity index (χ2n) is 18.6. The van der Waals surface area contributed by atoms with Gasteiger partial charge in [-0.1, -0.05) is 19.9 Å². The molecule has 318 valence electrons. The third-order valence-electron chi connectivity index (χ3n) is 15.1. The van der Waals surface area contributed by atoms with E-state index in [1.165, 1.54) is 0 Å². The molecular weight excluding hydrogens is 716 g/mol. The largest absolute Gasteiger partial charge is 0.462 e. The number of rotatable bonds is 10. The number of ether oxygens (including phenoxy) is 8. The van der Waals surface area contributed by atoms with Gasteiger partial charge in [0.15, 0.2) is 18.4 Å². The zero-order chi connectivity index (χ0) is 40.2. The number of carbonyl (C=O) groups is 2. The summed E-state index contributed by atoms with van der Waals surface area (Å²) in [7, 11) is 9.22. The highest BCUT2D eigenvalue weighted by atomic mass is 16.7. The van der Waals surface area contributed by atoms with E-state index in [0.29, 0.717) is 42.4 Å². The van der Waals surface area contributed by atoms with E-state index in [1.54, 1.807) is 21.3 Å². The number of carbonyl (C=O) groups excluding carboxylic acids is 2. The van der Waals surface area contributed by atoms with Crippen molar-refractivity contribution < 1.29 is 47.5 Å². The van der Waals surface area contributed by atoms with Crippen LogP contribution in [0.2, 0.25) is 0 Å². The van der Waals surface area contributed by atoms with Crippen LogP contribution in [0.1, 0.15) is 99.3 Å². The van der Waals surface area contributed by atoms with Crippen molar-refractivity contribution in [2.24, 2.45) is 35.5 Å². The monoisotopic (exact) mass is 789 g/mol. The Hall–Kier alpha value is -1.48. The number of hydrogen-bond acceptors (Lipinski definition) is 12. The van der Waals surface area contributed by atoms with Gasteiger partial charge in [-0.25, -0.2) is 0 Å². The second-order valence-corrected chi connectivity index (χ2v) is 18.6. The van der Waals surface area contributed by atoms with Gasteiger partial charge in [0.05, 0.1) is 30.8 Å². The maximum atomic E-state index is 15.0. The summed E-state index contributed by atoms with van der Waals surface area (Å²) in [5.74, 6) is 0.424. The summed E-state index contributed by atoms with van der Waals surface area (Å²) in [5.41, 5.74) is 0.814. The molecule has 20 atom stereocenters. The third kappa shape index (κ3) is 8.06. The first-order valence-electron chi connectivity index (χ1n) is 21.9. The molecule has 6 fully saturated rings. The lowest BCUT2D eigenvalue weighted by Crippen LogP contribution is -2.59. The second kappa shape index (κ2) is 17.6. The number of fused-ring (bicyclic) bond motifs is 8. The molecule has 3 aliphatic carbocycles. The van der Waals surface area contributed by atoms with Crippen LogP contribution in [0.4, 0.5) is 0 Å². The highest BCUT2D eigenvalue weighted by Gasteiger charge is 2.69. The van der Waals surface area contributed by atoms with E-state index in [2.05, 4.69) is 57.7 Å². The molecule has 4 unspecified atom stereocenters. The van der Waals surface area contributed by atoms with Gasteiger partial charge in [0.1, 0.15) is 24.4 Å². The van der Waals surface area contributed by atoms with Crippen LogP contribution in [0.5, 0.6) is 0 Å². The van der Waals surface area contributed by atoms with Crippen molar-refractivity contribution >= 4 is 11.8 Å². The lowest BCUT2D eigenvalue weighted by Gasteiger charge is -2.44. The Bertz CT molecular complexity index is 1410. The topological polar surface area (TPSA) is 114 Å². The van der Waals surface area contributed by atoms with Gasteiger partial charge in [-0.15, -0.1) is 0 Å². The Morgan fingerprint density at radius 3 is 2.21 bits per heavy atom. The average molecular weight is 789 g/mol. The smallest absolute Gasteiger partial charge is 0.306 e. The van der Waals surface area contributed by atoms with Crippen molar-refractivity contribution in [2.75, 3.05) is 35.4 Å². The van der Waals surface area contributed by atoms with Gasteiger partial charge >= 0.3 is 5.97 Å². The fourth-order valence-electron chi connectivity index (χ4n) is 12.4. The van der Waals surface area contributed by atoms with Gasteiger partial charge in [-0.3, -0.25) is 14.5 Å². The molecule has 4 saturated heterocycles. The minimum absolute atomic E-state index is 0.0367. The van der Waals surface area contributed by atoms with Crippen molar-refractivity contribution in [2.45, 2.75) is 185 Å². The molecule has 7 rings (SSSR count). The maximum Gasteiger partial charge on any atom is 0.306 e. The minimum atomic E-state index is -0.592. The SMILES string of the molecule is CC[C@H]1CCC[C@H](O[C@H]2CC[C@H](N(C)C)C(C)O2)[C@@H](C)C(=O)C2=C[C@H]3[C@@H]4C[C@H](O[C@@H]5OC(C)[C@H](OC)C(OC)[C@@H]5OC)C[C@H]4[C@H]4[C@@H]([C@H]3[C@@H]2CC(=O)O1)N4C(C)C. The summed E-state index contributed by atoms with van der Waals surface area (Å²) in [6.45, 7) is 12.8. The molecule has 0 amide bonds. The Kier molecular flexibility index (Phi) is 13.4. The summed E-state index contributed by atoms with van der Waals surface area (Å²) >= 11 is 0. The lowest BCUT2D eigenvalue weighted by molar-refractivity contribution is -0.314. The minimum Gasteiger partial charge on any atom is -0.462 e. The normalized spacial score (nSPS) is 48.3. The first-order chi connectivity index (χ1) is 26.8. The van der Waals surface area contributed by atoms with E-state index in [0.717, 1.165) is 50.5 Å². The zero-order valence-electron chi connectivity index (χ0n) is 36.0. The van der Waals surface area contributed by atoms with Crippen molar-refractivity contribution in [3.63, 3.8) is 0 Å². The quantitative estimate of drug-likeness (QED) is 0.209. The van der Waals surface area contributed by atoms with Crippen LogP contribution in [0.25, 0.3) is 0 Å². The molecule has 0 aromatic carbocycles. The number of hydrogen-bond donors (Lipinski definition) is 0. The van der Waals surface area contributed by atoms with Crippen molar-refractivity contribution in [3.8, 4) is 0 Å². The standard InChI is InChI=1S/C44H72N2O10/c1-12-26-14-13-15-34(56-36-17-16-33(45(7)8)24(5)52-36)23(4)40(48)32-20-29-28-18-27(55-44-43(51-11)42(50-10)41(49-9)25(6)53-44)19-31(28)38-39(46(38)22(2)3)37(29)30(32)21-35(47)54-26/h20,22-31,33-34,36-39,41-44H,12-19,21H2,1-11H3/t23-,24?,25?,26+,27+,28+,29+,30-,31-,33+,34+,36+,37-,38+,39-,41+,42?,43+,44+,46?/m1/s1. The summed E-state index contributed by atoms with van der Waals surface area (Å²) in [6.07, 6.45) is 6.50. The average Bonchev–Trinajstić information content (AvgIpc) is 3.59. The predicted octanol–water partition coefficient (Wildman–Crippen LogP) is 5.39. The fraction of sp³-hybridized carbons (Fsp3) is 0.909. The molecule has 0 spiro atoms. The molecule has 0 N–H and O–H groups in total. The molecule has 12 heteroatoms. The number of Topliss-reactive ketones (excluding diaryl/α,β-unsaturated/α-hetero) is 1. The first-order valence-corrected chi connectivity index (χ1v) is 21.9. The van der Waals surface area contributed by atoms with Gasteiger partial charge in [-0.2, -0.15) is 0 Å². The van der Waals surface area contributed by atoms with E-state index in [-0.39, 0.29) is 90.9 Å². The number of methoxy groups -OCH3 is 3. The maximum absolute atomic E-state index is 15.0. The third-order valence-corrected chi connectivity index (χ3v) is 15.1. The number of likely N-dealkylation sites (tertiary alicyclic amines) is 1. The van der Waals surface area contributed by atoms with Crippen LogP contribution < -0.4 is 0 Å². The molecule has 4 aliphatic heterocycles. The molecule has 0 aromatic rings.